The van der Waals surface area contributed by atoms with E-state index < -0.39 is 9.70 Å². The minimum Gasteiger partial charge on any atom is -0.492 e. The smallest absolute Gasteiger partial charge is 0.276 e. The van der Waals surface area contributed by atoms with Crippen molar-refractivity contribution in [2.45, 2.75) is 10.7 Å². The van der Waals surface area contributed by atoms with Crippen molar-refractivity contribution in [2.75, 3.05) is 11.9 Å². The van der Waals surface area contributed by atoms with Crippen LogP contribution in [-0.2, 0) is 4.79 Å². The minimum atomic E-state index is -2.02. The largest absolute Gasteiger partial charge is 0.492 e. The number of amides is 1. The fraction of sp³-hybridized carbons (Fsp3) is 0.231. The van der Waals surface area contributed by atoms with Crippen molar-refractivity contribution in [1.29, 1.82) is 0 Å². The highest BCUT2D eigenvalue weighted by atomic mass is 35.6. The van der Waals surface area contributed by atoms with E-state index in [0.29, 0.717) is 28.9 Å². The fourth-order valence-corrected chi connectivity index (χ4v) is 1.86. The Kier molecular flexibility index (Phi) is 4.58. The lowest BCUT2D eigenvalue weighted by atomic mass is 10.1. The summed E-state index contributed by atoms with van der Waals surface area (Å²) in [5.74, 6) is -0.0909. The number of carbonyl (C=O) groups excluding carboxylic acids is 1. The first-order chi connectivity index (χ1) is 9.43. The third-order valence-electron chi connectivity index (χ3n) is 2.54. The maximum absolute atomic E-state index is 11.7. The van der Waals surface area contributed by atoms with Gasteiger partial charge in [0.25, 0.3) is 9.70 Å². The van der Waals surface area contributed by atoms with Crippen molar-refractivity contribution in [3.05, 3.63) is 30.5 Å². The number of hydrogen-bond donors (Lipinski definition) is 1. The van der Waals surface area contributed by atoms with Crippen molar-refractivity contribution >= 4 is 57.3 Å². The topological polar surface area (TPSA) is 51.2 Å². The van der Waals surface area contributed by atoms with Crippen LogP contribution in [0.1, 0.15) is 6.92 Å². The summed E-state index contributed by atoms with van der Waals surface area (Å²) in [5.41, 5.74) is 1.14. The molecule has 0 saturated heterocycles. The predicted molar refractivity (Wildman–Crippen MR) is 81.8 cm³/mol. The Hall–Kier alpha value is -1.23. The molecule has 0 spiro atoms. The summed E-state index contributed by atoms with van der Waals surface area (Å²) in [5, 5.41) is 3.27. The molecule has 0 bridgehead atoms. The number of hydrogen-bond acceptors (Lipinski definition) is 3. The molecule has 0 unspecified atom stereocenters. The Bertz CT molecular complexity index is 641. The van der Waals surface area contributed by atoms with Gasteiger partial charge in [0.05, 0.1) is 12.3 Å². The molecule has 1 aromatic carbocycles. The molecule has 1 aromatic heterocycles. The van der Waals surface area contributed by atoms with E-state index in [9.17, 15) is 4.79 Å². The third kappa shape index (κ3) is 3.26. The molecule has 2 rings (SSSR count). The Morgan fingerprint density at radius 1 is 1.35 bits per heavy atom. The average molecular weight is 334 g/mol. The second-order valence-corrected chi connectivity index (χ2v) is 6.18. The number of alkyl halides is 3. The molecule has 0 atom stereocenters. The van der Waals surface area contributed by atoms with Gasteiger partial charge in [-0.05, 0) is 31.2 Å². The highest BCUT2D eigenvalue weighted by molar-refractivity contribution is 6.76. The second kappa shape index (κ2) is 6.04. The van der Waals surface area contributed by atoms with Gasteiger partial charge in [0.15, 0.2) is 0 Å². The monoisotopic (exact) mass is 332 g/mol. The van der Waals surface area contributed by atoms with E-state index in [1.165, 1.54) is 0 Å². The van der Waals surface area contributed by atoms with Gasteiger partial charge in [-0.15, -0.1) is 0 Å². The van der Waals surface area contributed by atoms with E-state index in [2.05, 4.69) is 10.3 Å². The lowest BCUT2D eigenvalue weighted by Crippen LogP contribution is -2.27. The van der Waals surface area contributed by atoms with Gasteiger partial charge >= 0.3 is 0 Å². The van der Waals surface area contributed by atoms with Crippen LogP contribution in [0.5, 0.6) is 5.75 Å². The van der Waals surface area contributed by atoms with Gasteiger partial charge in [0.2, 0.25) is 0 Å². The van der Waals surface area contributed by atoms with Gasteiger partial charge in [-0.2, -0.15) is 0 Å². The molecule has 1 amide bonds. The lowest BCUT2D eigenvalue weighted by molar-refractivity contribution is -0.115. The summed E-state index contributed by atoms with van der Waals surface area (Å²) in [6.07, 6.45) is 1.64. The molecular formula is C13H11Cl3N2O2. The number of halogens is 3. The Morgan fingerprint density at radius 3 is 2.75 bits per heavy atom. The first-order valence-corrected chi connectivity index (χ1v) is 6.95. The number of nitrogens with one attached hydrogen (secondary N) is 1. The van der Waals surface area contributed by atoms with Gasteiger partial charge in [-0.25, -0.2) is 0 Å². The summed E-state index contributed by atoms with van der Waals surface area (Å²) in [7, 11) is 0. The van der Waals surface area contributed by atoms with Crippen LogP contribution in [0.3, 0.4) is 0 Å². The van der Waals surface area contributed by atoms with E-state index in [1.54, 1.807) is 30.5 Å². The maximum Gasteiger partial charge on any atom is 0.276 e. The van der Waals surface area contributed by atoms with E-state index in [4.69, 9.17) is 39.5 Å². The van der Waals surface area contributed by atoms with Crippen LogP contribution >= 0.6 is 34.8 Å². The van der Waals surface area contributed by atoms with Crippen molar-refractivity contribution in [3.8, 4) is 5.75 Å². The molecule has 4 nitrogen and oxygen atoms in total. The summed E-state index contributed by atoms with van der Waals surface area (Å²) in [4.78, 5) is 16.0. The lowest BCUT2D eigenvalue weighted by Gasteiger charge is -2.14. The molecule has 2 aromatic rings. The van der Waals surface area contributed by atoms with Crippen LogP contribution in [0.2, 0.25) is 0 Å². The fourth-order valence-electron chi connectivity index (χ4n) is 1.72. The SMILES string of the molecule is CCOc1ccc(NC(=O)C(Cl)(Cl)Cl)c2cccnc12. The first kappa shape index (κ1) is 15.2. The van der Waals surface area contributed by atoms with Crippen molar-refractivity contribution in [1.82, 2.24) is 4.98 Å². The molecule has 0 aliphatic heterocycles. The summed E-state index contributed by atoms with van der Waals surface area (Å²) < 4.78 is 3.47. The molecule has 0 aliphatic carbocycles. The Labute approximate surface area is 131 Å². The molecule has 0 fully saturated rings. The third-order valence-corrected chi connectivity index (χ3v) is 3.05. The molecule has 1 heterocycles. The number of anilines is 1. The molecule has 106 valence electrons. The molecule has 1 N–H and O–H groups in total. The number of nitrogens with zero attached hydrogens (tertiary/aromatic N) is 1. The molecule has 0 saturated carbocycles. The highest BCUT2D eigenvalue weighted by Gasteiger charge is 2.31. The summed E-state index contributed by atoms with van der Waals surface area (Å²) in [6.45, 7) is 2.40. The van der Waals surface area contributed by atoms with Crippen LogP contribution in [0, 0.1) is 0 Å². The van der Waals surface area contributed by atoms with Crippen molar-refractivity contribution in [3.63, 3.8) is 0 Å². The van der Waals surface area contributed by atoms with Crippen molar-refractivity contribution in [2.24, 2.45) is 0 Å². The van der Waals surface area contributed by atoms with Gasteiger partial charge < -0.3 is 10.1 Å². The number of benzene rings is 1. The number of aromatic nitrogens is 1. The zero-order chi connectivity index (χ0) is 14.8. The van der Waals surface area contributed by atoms with Crippen LogP contribution in [0.25, 0.3) is 10.9 Å². The van der Waals surface area contributed by atoms with E-state index >= 15 is 0 Å². The molecular weight excluding hydrogens is 323 g/mol. The Balaban J connectivity index is 2.46. The van der Waals surface area contributed by atoms with Gasteiger partial charge in [-0.3, -0.25) is 9.78 Å². The van der Waals surface area contributed by atoms with E-state index in [0.717, 1.165) is 0 Å². The van der Waals surface area contributed by atoms with Gasteiger partial charge in [0, 0.05) is 11.6 Å². The predicted octanol–water partition coefficient (Wildman–Crippen LogP) is 3.94. The zero-order valence-electron chi connectivity index (χ0n) is 10.5. The molecule has 0 aliphatic rings. The minimum absolute atomic E-state index is 0.507. The number of pyridine rings is 1. The van der Waals surface area contributed by atoms with E-state index in [-0.39, 0.29) is 0 Å². The summed E-state index contributed by atoms with van der Waals surface area (Å²) >= 11 is 16.6. The second-order valence-electron chi connectivity index (χ2n) is 3.90. The van der Waals surface area contributed by atoms with Crippen molar-refractivity contribution < 1.29 is 9.53 Å². The van der Waals surface area contributed by atoms with Gasteiger partial charge in [-0.1, -0.05) is 34.8 Å². The quantitative estimate of drug-likeness (QED) is 0.866. The summed E-state index contributed by atoms with van der Waals surface area (Å²) in [6, 6.07) is 6.96. The molecule has 20 heavy (non-hydrogen) atoms. The Morgan fingerprint density at radius 2 is 2.10 bits per heavy atom. The van der Waals surface area contributed by atoms with Crippen LogP contribution < -0.4 is 10.1 Å². The molecule has 0 radical (unpaired) electrons. The first-order valence-electron chi connectivity index (χ1n) is 5.82. The maximum atomic E-state index is 11.7. The van der Waals surface area contributed by atoms with Crippen LogP contribution in [0.4, 0.5) is 5.69 Å². The van der Waals surface area contributed by atoms with Crippen LogP contribution in [0.15, 0.2) is 30.5 Å². The van der Waals surface area contributed by atoms with Gasteiger partial charge in [0.1, 0.15) is 11.3 Å². The number of fused-ring (bicyclic) bond motifs is 1. The average Bonchev–Trinajstić information content (AvgIpc) is 2.40. The highest BCUT2D eigenvalue weighted by Crippen LogP contribution is 2.32. The molecule has 7 heteroatoms. The van der Waals surface area contributed by atoms with Crippen LogP contribution in [-0.4, -0.2) is 21.3 Å². The van der Waals surface area contributed by atoms with E-state index in [1.807, 2.05) is 6.92 Å². The number of rotatable bonds is 3. The standard InChI is InChI=1S/C13H11Cl3N2O2/c1-2-20-10-6-5-9(18-12(19)13(14,15)16)8-4-3-7-17-11(8)10/h3-7H,2H2,1H3,(H,18,19). The normalized spacial score (nSPS) is 11.4. The number of carbonyl (C=O) groups is 1. The number of ether oxygens (including phenoxy) is 1. The zero-order valence-corrected chi connectivity index (χ0v) is 12.8.